The Labute approximate surface area is 117 Å². The van der Waals surface area contributed by atoms with Crippen LogP contribution >= 0.6 is 0 Å². The van der Waals surface area contributed by atoms with E-state index in [1.807, 2.05) is 38.1 Å². The molecule has 5 nitrogen and oxygen atoms in total. The smallest absolute Gasteiger partial charge is 0.268 e. The van der Waals surface area contributed by atoms with Crippen molar-refractivity contribution < 1.29 is 9.53 Å². The van der Waals surface area contributed by atoms with Gasteiger partial charge in [-0.15, -0.1) is 0 Å². The molecule has 0 aliphatic heterocycles. The lowest BCUT2D eigenvalue weighted by Crippen LogP contribution is -2.33. The van der Waals surface area contributed by atoms with Crippen LogP contribution in [0.15, 0.2) is 24.3 Å². The van der Waals surface area contributed by atoms with E-state index >= 15 is 0 Å². The maximum atomic E-state index is 12.0. The van der Waals surface area contributed by atoms with Gasteiger partial charge >= 0.3 is 0 Å². The zero-order valence-corrected chi connectivity index (χ0v) is 11.6. The summed E-state index contributed by atoms with van der Waals surface area (Å²) in [7, 11) is 0. The minimum Gasteiger partial charge on any atom is -0.494 e. The lowest BCUT2D eigenvalue weighted by atomic mass is 10.2. The number of fused-ring (bicyclic) bond motifs is 1. The van der Waals surface area contributed by atoms with E-state index in [1.54, 1.807) is 6.07 Å². The first-order valence-electron chi connectivity index (χ1n) is 6.64. The summed E-state index contributed by atoms with van der Waals surface area (Å²) in [5, 5.41) is 12.5. The van der Waals surface area contributed by atoms with Crippen molar-refractivity contribution in [3.8, 4) is 11.8 Å². The monoisotopic (exact) mass is 271 g/mol. The molecule has 1 heterocycles. The molecule has 0 saturated carbocycles. The van der Waals surface area contributed by atoms with Crippen molar-refractivity contribution in [2.75, 3.05) is 6.61 Å². The number of carbonyl (C=O) groups is 1. The number of benzene rings is 1. The summed E-state index contributed by atoms with van der Waals surface area (Å²) in [4.78, 5) is 15.1. The number of carbonyl (C=O) groups excluding carboxylic acids is 1. The molecule has 0 saturated heterocycles. The number of nitrogens with one attached hydrogen (secondary N) is 2. The molecule has 1 aromatic heterocycles. The van der Waals surface area contributed by atoms with E-state index in [0.29, 0.717) is 18.7 Å². The summed E-state index contributed by atoms with van der Waals surface area (Å²) in [6.07, 6.45) is 0.580. The Morgan fingerprint density at radius 3 is 2.90 bits per heavy atom. The number of hydrogen-bond donors (Lipinski definition) is 2. The highest BCUT2D eigenvalue weighted by Crippen LogP contribution is 2.21. The number of H-pyrrole nitrogens is 1. The summed E-state index contributed by atoms with van der Waals surface area (Å²) in [5.41, 5.74) is 1.29. The molecule has 0 aliphatic rings. The molecule has 1 amide bonds. The first-order chi connectivity index (χ1) is 9.67. The number of aromatic amines is 1. The van der Waals surface area contributed by atoms with E-state index in [4.69, 9.17) is 10.00 Å². The van der Waals surface area contributed by atoms with Gasteiger partial charge in [-0.1, -0.05) is 6.92 Å². The highest BCUT2D eigenvalue weighted by molar-refractivity contribution is 5.98. The Hall–Kier alpha value is -2.48. The van der Waals surface area contributed by atoms with Crippen molar-refractivity contribution in [1.82, 2.24) is 10.3 Å². The fraction of sp³-hybridized carbons (Fsp3) is 0.333. The Bertz CT molecular complexity index is 655. The third-order valence-corrected chi connectivity index (χ3v) is 3.02. The van der Waals surface area contributed by atoms with Crippen LogP contribution in [0.1, 0.15) is 30.8 Å². The fourth-order valence-electron chi connectivity index (χ4n) is 1.95. The maximum absolute atomic E-state index is 12.0. The molecular formula is C15H17N3O2. The summed E-state index contributed by atoms with van der Waals surface area (Å²) >= 11 is 0. The predicted octanol–water partition coefficient (Wildman–Crippen LogP) is 2.60. The number of aromatic nitrogens is 1. The molecule has 0 fully saturated rings. The number of nitrogens with zero attached hydrogens (tertiary/aromatic N) is 1. The first kappa shape index (κ1) is 13.9. The van der Waals surface area contributed by atoms with Crippen LogP contribution in [0.2, 0.25) is 0 Å². The molecule has 5 heteroatoms. The fourth-order valence-corrected chi connectivity index (χ4v) is 1.95. The standard InChI is InChI=1S/C15H17N3O2/c1-3-11(9-16)17-15(19)14-7-10-5-6-12(20-4-2)8-13(10)18-14/h5-8,11,18H,3-4H2,1-2H3,(H,17,19)/t11-/m1/s1. The van der Waals surface area contributed by atoms with Gasteiger partial charge in [0.15, 0.2) is 0 Å². The minimum atomic E-state index is -0.465. The van der Waals surface area contributed by atoms with Crippen LogP contribution in [0.4, 0.5) is 0 Å². The Morgan fingerprint density at radius 2 is 2.25 bits per heavy atom. The van der Waals surface area contributed by atoms with E-state index in [0.717, 1.165) is 16.7 Å². The largest absolute Gasteiger partial charge is 0.494 e. The van der Waals surface area contributed by atoms with Crippen LogP contribution < -0.4 is 10.1 Å². The summed E-state index contributed by atoms with van der Waals surface area (Å²) < 4.78 is 5.42. The second-order valence-corrected chi connectivity index (χ2v) is 4.43. The normalized spacial score (nSPS) is 11.8. The van der Waals surface area contributed by atoms with Gasteiger partial charge in [0.1, 0.15) is 17.5 Å². The van der Waals surface area contributed by atoms with Crippen LogP contribution in [0.25, 0.3) is 10.9 Å². The molecular weight excluding hydrogens is 254 g/mol. The predicted molar refractivity (Wildman–Crippen MR) is 76.6 cm³/mol. The van der Waals surface area contributed by atoms with Gasteiger partial charge in [0, 0.05) is 17.0 Å². The summed E-state index contributed by atoms with van der Waals surface area (Å²) in [6, 6.07) is 8.97. The third kappa shape index (κ3) is 2.91. The van der Waals surface area contributed by atoms with Crippen molar-refractivity contribution >= 4 is 16.8 Å². The van der Waals surface area contributed by atoms with Crippen molar-refractivity contribution in [2.45, 2.75) is 26.3 Å². The van der Waals surface area contributed by atoms with Gasteiger partial charge in [-0.05, 0) is 31.5 Å². The van der Waals surface area contributed by atoms with Gasteiger partial charge in [-0.25, -0.2) is 0 Å². The number of nitriles is 1. The van der Waals surface area contributed by atoms with Gasteiger partial charge < -0.3 is 15.0 Å². The molecule has 0 unspecified atom stereocenters. The molecule has 0 radical (unpaired) electrons. The molecule has 0 spiro atoms. The molecule has 1 atom stereocenters. The molecule has 20 heavy (non-hydrogen) atoms. The quantitative estimate of drug-likeness (QED) is 0.877. The van der Waals surface area contributed by atoms with Gasteiger partial charge in [-0.2, -0.15) is 5.26 Å². The van der Waals surface area contributed by atoms with E-state index in [9.17, 15) is 4.79 Å². The molecule has 2 N–H and O–H groups in total. The van der Waals surface area contributed by atoms with Gasteiger partial charge in [0.2, 0.25) is 0 Å². The van der Waals surface area contributed by atoms with Crippen molar-refractivity contribution in [1.29, 1.82) is 5.26 Å². The van der Waals surface area contributed by atoms with E-state index in [1.165, 1.54) is 0 Å². The Morgan fingerprint density at radius 1 is 1.45 bits per heavy atom. The summed E-state index contributed by atoms with van der Waals surface area (Å²) in [6.45, 7) is 4.37. The van der Waals surface area contributed by atoms with E-state index in [-0.39, 0.29) is 5.91 Å². The number of rotatable bonds is 5. The minimum absolute atomic E-state index is 0.271. The maximum Gasteiger partial charge on any atom is 0.268 e. The second-order valence-electron chi connectivity index (χ2n) is 4.43. The van der Waals surface area contributed by atoms with E-state index < -0.39 is 6.04 Å². The van der Waals surface area contributed by atoms with Gasteiger partial charge in [0.05, 0.1) is 12.7 Å². The molecule has 1 aromatic carbocycles. The van der Waals surface area contributed by atoms with Crippen molar-refractivity contribution in [3.63, 3.8) is 0 Å². The number of amides is 1. The molecule has 0 bridgehead atoms. The highest BCUT2D eigenvalue weighted by Gasteiger charge is 2.13. The third-order valence-electron chi connectivity index (χ3n) is 3.02. The Balaban J connectivity index is 2.23. The van der Waals surface area contributed by atoms with Crippen molar-refractivity contribution in [2.24, 2.45) is 0 Å². The van der Waals surface area contributed by atoms with Crippen LogP contribution in [0, 0.1) is 11.3 Å². The molecule has 104 valence electrons. The number of ether oxygens (including phenoxy) is 1. The van der Waals surface area contributed by atoms with Gasteiger partial charge in [-0.3, -0.25) is 4.79 Å². The van der Waals surface area contributed by atoms with Crippen molar-refractivity contribution in [3.05, 3.63) is 30.0 Å². The molecule has 0 aliphatic carbocycles. The lowest BCUT2D eigenvalue weighted by Gasteiger charge is -2.07. The van der Waals surface area contributed by atoms with Crippen LogP contribution in [0.5, 0.6) is 5.75 Å². The first-order valence-corrected chi connectivity index (χ1v) is 6.64. The zero-order valence-electron chi connectivity index (χ0n) is 11.6. The molecule has 2 rings (SSSR count). The topological polar surface area (TPSA) is 77.9 Å². The lowest BCUT2D eigenvalue weighted by molar-refractivity contribution is 0.0940. The zero-order chi connectivity index (χ0) is 14.5. The van der Waals surface area contributed by atoms with Crippen LogP contribution in [-0.4, -0.2) is 23.5 Å². The number of hydrogen-bond acceptors (Lipinski definition) is 3. The van der Waals surface area contributed by atoms with E-state index in [2.05, 4.69) is 10.3 Å². The average molecular weight is 271 g/mol. The molecule has 2 aromatic rings. The van der Waals surface area contributed by atoms with Crippen LogP contribution in [0.3, 0.4) is 0 Å². The van der Waals surface area contributed by atoms with Gasteiger partial charge in [0.25, 0.3) is 5.91 Å². The summed E-state index contributed by atoms with van der Waals surface area (Å²) in [5.74, 6) is 0.491. The highest BCUT2D eigenvalue weighted by atomic mass is 16.5. The SMILES string of the molecule is CCOc1ccc2cc(C(=O)N[C@@H](C#N)CC)[nH]c2c1. The van der Waals surface area contributed by atoms with Crippen LogP contribution in [-0.2, 0) is 0 Å². The second kappa shape index (κ2) is 6.11. The average Bonchev–Trinajstić information content (AvgIpc) is 2.88. The Kier molecular flexibility index (Phi) is 4.26.